The summed E-state index contributed by atoms with van der Waals surface area (Å²) in [6, 6.07) is 13.3. The van der Waals surface area contributed by atoms with Crippen LogP contribution in [0.5, 0.6) is 0 Å². The number of carbonyl (C=O) groups excluding carboxylic acids is 4. The minimum absolute atomic E-state index is 0.0929. The van der Waals surface area contributed by atoms with Crippen LogP contribution in [0.1, 0.15) is 41.6 Å². The number of benzene rings is 2. The van der Waals surface area contributed by atoms with Crippen molar-refractivity contribution in [1.29, 1.82) is 0 Å². The second-order valence-electron chi connectivity index (χ2n) is 10.0. The molecular weight excluding hydrogens is 859 g/mol. The van der Waals surface area contributed by atoms with Gasteiger partial charge in [0.15, 0.2) is 6.61 Å². The molecule has 40 heavy (non-hydrogen) atoms. The molecule has 3 fully saturated rings. The molecule has 5 rings (SSSR count). The zero-order valence-corrected chi connectivity index (χ0v) is 27.7. The molecule has 9 nitrogen and oxygen atoms in total. The van der Waals surface area contributed by atoms with Crippen LogP contribution in [0.2, 0.25) is 0 Å². The summed E-state index contributed by atoms with van der Waals surface area (Å²) < 4.78 is 25.0. The van der Waals surface area contributed by atoms with Crippen molar-refractivity contribution in [3.05, 3.63) is 64.3 Å². The van der Waals surface area contributed by atoms with Gasteiger partial charge in [-0.3, -0.25) is 9.59 Å². The topological polar surface area (TPSA) is 117 Å². The lowest BCUT2D eigenvalue weighted by atomic mass is 9.78. The molecule has 2 aliphatic heterocycles. The van der Waals surface area contributed by atoms with Gasteiger partial charge in [0.05, 0.1) is 17.4 Å². The lowest BCUT2D eigenvalue weighted by molar-refractivity contribution is -0.177. The van der Waals surface area contributed by atoms with Crippen LogP contribution in [-0.4, -0.2) is 55.8 Å². The van der Waals surface area contributed by atoms with E-state index in [4.69, 9.17) is 18.9 Å². The largest absolute Gasteiger partial charge is 0.458 e. The average Bonchev–Trinajstić information content (AvgIpc) is 3.27. The van der Waals surface area contributed by atoms with Crippen LogP contribution in [0.25, 0.3) is 0 Å². The maximum absolute atomic E-state index is 13.6. The van der Waals surface area contributed by atoms with E-state index in [-0.39, 0.29) is 12.8 Å². The Hall–Kier alpha value is -1.53. The fourth-order valence-electron chi connectivity index (χ4n) is 5.54. The molecule has 12 heteroatoms. The van der Waals surface area contributed by atoms with Gasteiger partial charge in [-0.05, 0) is 98.6 Å². The van der Waals surface area contributed by atoms with Crippen molar-refractivity contribution in [3.8, 4) is 0 Å². The molecule has 0 spiro atoms. The first-order valence-electron chi connectivity index (χ1n) is 12.9. The second-order valence-corrected chi connectivity index (χ2v) is 13.5. The fraction of sp³-hybridized carbons (Fsp3) is 0.429. The van der Waals surface area contributed by atoms with Gasteiger partial charge in [-0.1, -0.05) is 30.3 Å². The number of hydrogen-bond donors (Lipinski definition) is 1. The van der Waals surface area contributed by atoms with E-state index in [0.29, 0.717) is 31.5 Å². The Morgan fingerprint density at radius 3 is 2.48 bits per heavy atom. The molecule has 2 heterocycles. The van der Waals surface area contributed by atoms with Gasteiger partial charge in [0, 0.05) is 36.4 Å². The smallest absolute Gasteiger partial charge is 0.344 e. The number of ether oxygens (including phenoxy) is 4. The Morgan fingerprint density at radius 1 is 1.02 bits per heavy atom. The van der Waals surface area contributed by atoms with Gasteiger partial charge in [-0.2, -0.15) is 0 Å². The minimum atomic E-state index is -0.842. The van der Waals surface area contributed by atoms with E-state index in [1.807, 2.05) is 36.4 Å². The summed E-state index contributed by atoms with van der Waals surface area (Å²) in [5, 5.41) is 3.30. The number of piperidine rings is 1. The van der Waals surface area contributed by atoms with E-state index in [9.17, 15) is 19.2 Å². The summed E-state index contributed by atoms with van der Waals surface area (Å²) in [7, 11) is 0. The summed E-state index contributed by atoms with van der Waals surface area (Å²) in [4.78, 5) is 51.6. The summed E-state index contributed by atoms with van der Waals surface area (Å²) in [6.07, 6.45) is 0.0721. The monoisotopic (exact) mass is 885 g/mol. The number of carbonyl (C=O) groups is 4. The Labute approximate surface area is 272 Å². The van der Waals surface area contributed by atoms with Gasteiger partial charge in [-0.25, -0.2) is 9.59 Å². The van der Waals surface area contributed by atoms with E-state index in [2.05, 4.69) is 73.1 Å². The van der Waals surface area contributed by atoms with Crippen molar-refractivity contribution < 1.29 is 38.1 Å². The molecule has 3 aliphatic rings. The van der Waals surface area contributed by atoms with Crippen LogP contribution in [-0.2, 0) is 38.9 Å². The second kappa shape index (κ2) is 12.8. The van der Waals surface area contributed by atoms with Crippen LogP contribution in [0.3, 0.4) is 0 Å². The number of esters is 4. The highest BCUT2D eigenvalue weighted by Crippen LogP contribution is 2.43. The number of hydrogen-bond acceptors (Lipinski definition) is 9. The predicted octanol–water partition coefficient (Wildman–Crippen LogP) is 4.34. The maximum atomic E-state index is 13.6. The normalized spacial score (nSPS) is 25.0. The van der Waals surface area contributed by atoms with Crippen molar-refractivity contribution in [2.75, 3.05) is 19.7 Å². The van der Waals surface area contributed by atoms with Gasteiger partial charge in [0.1, 0.15) is 17.8 Å². The van der Waals surface area contributed by atoms with Gasteiger partial charge in [-0.15, -0.1) is 0 Å². The molecular formula is C28H26I3NO8. The number of halogens is 3. The first-order valence-corrected chi connectivity index (χ1v) is 16.1. The van der Waals surface area contributed by atoms with Gasteiger partial charge in [0.2, 0.25) is 0 Å². The van der Waals surface area contributed by atoms with Gasteiger partial charge >= 0.3 is 23.9 Å². The van der Waals surface area contributed by atoms with Crippen molar-refractivity contribution in [3.63, 3.8) is 0 Å². The first-order chi connectivity index (χ1) is 19.2. The van der Waals surface area contributed by atoms with E-state index in [0.717, 1.165) is 16.3 Å². The molecule has 0 amide bonds. The fourth-order valence-corrected chi connectivity index (χ4v) is 7.91. The zero-order valence-electron chi connectivity index (χ0n) is 21.2. The molecule has 0 radical (unpaired) electrons. The molecule has 2 bridgehead atoms. The number of nitrogens with one attached hydrogen (secondary N) is 1. The molecule has 1 N–H and O–H groups in total. The Balaban J connectivity index is 1.25. The van der Waals surface area contributed by atoms with Crippen molar-refractivity contribution in [1.82, 2.24) is 5.32 Å². The Bertz CT molecular complexity index is 1310. The summed E-state index contributed by atoms with van der Waals surface area (Å²) >= 11 is 6.30. The molecule has 212 valence electrons. The van der Waals surface area contributed by atoms with E-state index in [1.54, 1.807) is 6.07 Å². The Kier molecular flexibility index (Phi) is 9.56. The van der Waals surface area contributed by atoms with Crippen molar-refractivity contribution in [2.45, 2.75) is 43.5 Å². The molecule has 4 atom stereocenters. The summed E-state index contributed by atoms with van der Waals surface area (Å²) in [5.41, 5.74) is 0.478. The Morgan fingerprint density at radius 2 is 1.75 bits per heavy atom. The molecule has 0 aromatic heterocycles. The average molecular weight is 885 g/mol. The highest BCUT2D eigenvalue weighted by molar-refractivity contribution is 14.1. The predicted molar refractivity (Wildman–Crippen MR) is 167 cm³/mol. The number of fused-ring (bicyclic) bond motifs is 2. The molecule has 4 unspecified atom stereocenters. The van der Waals surface area contributed by atoms with Crippen molar-refractivity contribution >= 4 is 91.6 Å². The summed E-state index contributed by atoms with van der Waals surface area (Å²) in [5.74, 6) is -3.85. The van der Waals surface area contributed by atoms with Gasteiger partial charge < -0.3 is 24.3 Å². The summed E-state index contributed by atoms with van der Waals surface area (Å²) in [6.45, 7) is 0.788. The van der Waals surface area contributed by atoms with E-state index >= 15 is 0 Å². The molecule has 1 aliphatic carbocycles. The van der Waals surface area contributed by atoms with Crippen LogP contribution < -0.4 is 5.32 Å². The maximum Gasteiger partial charge on any atom is 0.344 e. The zero-order chi connectivity index (χ0) is 28.4. The highest BCUT2D eigenvalue weighted by atomic mass is 127. The van der Waals surface area contributed by atoms with Crippen LogP contribution in [0.15, 0.2) is 42.5 Å². The third kappa shape index (κ3) is 6.43. The molecule has 2 aromatic carbocycles. The third-order valence-corrected chi connectivity index (χ3v) is 11.2. The highest BCUT2D eigenvalue weighted by Gasteiger charge is 2.54. The lowest BCUT2D eigenvalue weighted by Gasteiger charge is -2.39. The van der Waals surface area contributed by atoms with Gasteiger partial charge in [0.25, 0.3) is 0 Å². The van der Waals surface area contributed by atoms with Crippen LogP contribution in [0.4, 0.5) is 0 Å². The van der Waals surface area contributed by atoms with Crippen LogP contribution in [0, 0.1) is 22.5 Å². The third-order valence-electron chi connectivity index (χ3n) is 7.57. The first kappa shape index (κ1) is 29.9. The standard InChI is InChI=1S/C28H26I3NO8/c29-16-10-19(24(31)20(30)11-16)25(34)37-14-23(33)38-21-13-18(17-12-22(21)39-26(17)35)27(36)40-28(6-8-32-9-7-28)15-4-2-1-3-5-15/h1-5,10-11,17-18,21-22,32H,6-9,12-14H2. The van der Waals surface area contributed by atoms with Crippen molar-refractivity contribution in [2.24, 2.45) is 11.8 Å². The van der Waals surface area contributed by atoms with E-state index < -0.39 is 60.1 Å². The number of rotatable bonds is 7. The minimum Gasteiger partial charge on any atom is -0.458 e. The lowest BCUT2D eigenvalue weighted by Crippen LogP contribution is -2.47. The van der Waals surface area contributed by atoms with E-state index in [1.165, 1.54) is 0 Å². The SMILES string of the molecule is O=C(COC(=O)c1cc(I)cc(I)c1I)OC1CC(C(=O)OC2(c3ccccc3)CCNCC2)C2CC1OC2=O. The molecule has 2 saturated heterocycles. The quantitative estimate of drug-likeness (QED) is 0.188. The molecule has 2 aromatic rings. The van der Waals surface area contributed by atoms with Crippen LogP contribution >= 0.6 is 67.8 Å². The molecule has 1 saturated carbocycles.